The predicted molar refractivity (Wildman–Crippen MR) is 92.6 cm³/mol. The molecule has 1 heterocycles. The number of amides is 2. The van der Waals surface area contributed by atoms with Crippen molar-refractivity contribution in [3.8, 4) is 0 Å². The van der Waals surface area contributed by atoms with Crippen LogP contribution in [-0.4, -0.2) is 56.5 Å². The third-order valence-electron chi connectivity index (χ3n) is 3.87. The summed E-state index contributed by atoms with van der Waals surface area (Å²) >= 11 is 0. The van der Waals surface area contributed by atoms with E-state index in [0.29, 0.717) is 18.2 Å². The lowest BCUT2D eigenvalue weighted by Gasteiger charge is -2.34. The van der Waals surface area contributed by atoms with Gasteiger partial charge >= 0.3 is 11.8 Å². The molecule has 2 N–H and O–H groups in total. The molecule has 0 spiro atoms. The zero-order valence-electron chi connectivity index (χ0n) is 14.1. The topological polar surface area (TPSA) is 64.7 Å². The van der Waals surface area contributed by atoms with Gasteiger partial charge in [0.05, 0.1) is 0 Å². The Bertz CT molecular complexity index is 534. The number of carbonyl (C=O) groups is 2. The first kappa shape index (κ1) is 17.3. The lowest BCUT2D eigenvalue weighted by molar-refractivity contribution is -0.136. The van der Waals surface area contributed by atoms with Crippen LogP contribution in [0.5, 0.6) is 0 Å². The van der Waals surface area contributed by atoms with E-state index in [1.165, 1.54) is 0 Å². The molecule has 0 aromatic heterocycles. The minimum Gasteiger partial charge on any atom is -0.369 e. The molecule has 0 atom stereocenters. The van der Waals surface area contributed by atoms with Crippen LogP contribution in [0.2, 0.25) is 0 Å². The minimum absolute atomic E-state index is 0.314. The van der Waals surface area contributed by atoms with Crippen molar-refractivity contribution in [2.24, 2.45) is 5.92 Å². The molecule has 1 aromatic rings. The lowest BCUT2D eigenvalue weighted by Crippen LogP contribution is -2.44. The Labute approximate surface area is 137 Å². The van der Waals surface area contributed by atoms with Crippen LogP contribution in [-0.2, 0) is 9.59 Å². The second-order valence-corrected chi connectivity index (χ2v) is 6.40. The van der Waals surface area contributed by atoms with Gasteiger partial charge < -0.3 is 20.4 Å². The SMILES string of the molecule is CC(C)CNC(=O)C(=O)Nc1ccc(N2CCN(C)CC2)cc1. The smallest absolute Gasteiger partial charge is 0.313 e. The van der Waals surface area contributed by atoms with Crippen LogP contribution in [0.3, 0.4) is 0 Å². The van der Waals surface area contributed by atoms with Crippen LogP contribution < -0.4 is 15.5 Å². The van der Waals surface area contributed by atoms with E-state index in [4.69, 9.17) is 0 Å². The van der Waals surface area contributed by atoms with Crippen molar-refractivity contribution in [2.75, 3.05) is 50.0 Å². The van der Waals surface area contributed by atoms with Gasteiger partial charge in [-0.2, -0.15) is 0 Å². The first-order valence-electron chi connectivity index (χ1n) is 8.08. The van der Waals surface area contributed by atoms with E-state index < -0.39 is 11.8 Å². The van der Waals surface area contributed by atoms with Crippen molar-refractivity contribution in [2.45, 2.75) is 13.8 Å². The Hall–Kier alpha value is -2.08. The standard InChI is InChI=1S/C17H26N4O2/c1-13(2)12-18-16(22)17(23)19-14-4-6-15(7-5-14)21-10-8-20(3)9-11-21/h4-7,13H,8-12H2,1-3H3,(H,18,22)(H,19,23). The molecule has 1 aliphatic heterocycles. The average Bonchev–Trinajstić information content (AvgIpc) is 2.54. The molecule has 6 heteroatoms. The van der Waals surface area contributed by atoms with Gasteiger partial charge in [-0.05, 0) is 37.2 Å². The molecule has 1 saturated heterocycles. The van der Waals surface area contributed by atoms with E-state index in [2.05, 4.69) is 27.5 Å². The van der Waals surface area contributed by atoms with Crippen LogP contribution in [0.4, 0.5) is 11.4 Å². The largest absolute Gasteiger partial charge is 0.369 e. The highest BCUT2D eigenvalue weighted by atomic mass is 16.2. The number of hydrogen-bond acceptors (Lipinski definition) is 4. The molecule has 2 amide bonds. The maximum Gasteiger partial charge on any atom is 0.313 e. The fourth-order valence-electron chi connectivity index (χ4n) is 2.39. The van der Waals surface area contributed by atoms with Gasteiger partial charge in [-0.15, -0.1) is 0 Å². The third kappa shape index (κ3) is 5.25. The monoisotopic (exact) mass is 318 g/mol. The number of nitrogens with one attached hydrogen (secondary N) is 2. The highest BCUT2D eigenvalue weighted by molar-refractivity contribution is 6.39. The number of hydrogen-bond donors (Lipinski definition) is 2. The molecule has 0 saturated carbocycles. The zero-order chi connectivity index (χ0) is 16.8. The third-order valence-corrected chi connectivity index (χ3v) is 3.87. The first-order valence-corrected chi connectivity index (χ1v) is 8.08. The first-order chi connectivity index (χ1) is 11.0. The van der Waals surface area contributed by atoms with Crippen LogP contribution in [0.25, 0.3) is 0 Å². The van der Waals surface area contributed by atoms with Crippen molar-refractivity contribution in [3.63, 3.8) is 0 Å². The van der Waals surface area contributed by atoms with Crippen LogP contribution in [0, 0.1) is 5.92 Å². The number of nitrogens with zero attached hydrogens (tertiary/aromatic N) is 2. The van der Waals surface area contributed by atoms with Gasteiger partial charge in [-0.1, -0.05) is 13.8 Å². The number of piperazine rings is 1. The molecule has 2 rings (SSSR count). The molecule has 1 aliphatic rings. The van der Waals surface area contributed by atoms with Gasteiger partial charge in [0, 0.05) is 44.1 Å². The van der Waals surface area contributed by atoms with Gasteiger partial charge in [-0.3, -0.25) is 9.59 Å². The molecular weight excluding hydrogens is 292 g/mol. The highest BCUT2D eigenvalue weighted by Gasteiger charge is 2.16. The minimum atomic E-state index is -0.627. The van der Waals surface area contributed by atoms with Gasteiger partial charge in [0.1, 0.15) is 0 Å². The van der Waals surface area contributed by atoms with E-state index in [-0.39, 0.29) is 0 Å². The summed E-state index contributed by atoms with van der Waals surface area (Å²) in [6.07, 6.45) is 0. The average molecular weight is 318 g/mol. The highest BCUT2D eigenvalue weighted by Crippen LogP contribution is 2.19. The molecule has 0 unspecified atom stereocenters. The molecule has 1 fully saturated rings. The molecule has 126 valence electrons. The molecular formula is C17H26N4O2. The Morgan fingerprint density at radius 3 is 2.22 bits per heavy atom. The summed E-state index contributed by atoms with van der Waals surface area (Å²) in [4.78, 5) is 28.1. The van der Waals surface area contributed by atoms with E-state index >= 15 is 0 Å². The Morgan fingerprint density at radius 2 is 1.65 bits per heavy atom. The number of likely N-dealkylation sites (N-methyl/N-ethyl adjacent to an activating group) is 1. The van der Waals surface area contributed by atoms with E-state index in [1.807, 2.05) is 38.1 Å². The summed E-state index contributed by atoms with van der Waals surface area (Å²) in [5, 5.41) is 5.23. The van der Waals surface area contributed by atoms with Gasteiger partial charge in [-0.25, -0.2) is 0 Å². The van der Waals surface area contributed by atoms with E-state index in [1.54, 1.807) is 0 Å². The maximum absolute atomic E-state index is 11.8. The van der Waals surface area contributed by atoms with E-state index in [9.17, 15) is 9.59 Å². The Morgan fingerprint density at radius 1 is 1.04 bits per heavy atom. The van der Waals surface area contributed by atoms with Crippen molar-refractivity contribution in [3.05, 3.63) is 24.3 Å². The van der Waals surface area contributed by atoms with E-state index in [0.717, 1.165) is 31.9 Å². The molecule has 0 aliphatic carbocycles. The molecule has 6 nitrogen and oxygen atoms in total. The quantitative estimate of drug-likeness (QED) is 0.818. The summed E-state index contributed by atoms with van der Waals surface area (Å²) in [6.45, 7) is 8.56. The molecule has 0 bridgehead atoms. The van der Waals surface area contributed by atoms with Crippen molar-refractivity contribution in [1.29, 1.82) is 0 Å². The second-order valence-electron chi connectivity index (χ2n) is 6.40. The van der Waals surface area contributed by atoms with Crippen molar-refractivity contribution >= 4 is 23.2 Å². The van der Waals surface area contributed by atoms with Crippen molar-refractivity contribution < 1.29 is 9.59 Å². The predicted octanol–water partition coefficient (Wildman–Crippen LogP) is 1.15. The van der Waals surface area contributed by atoms with Crippen LogP contribution in [0.1, 0.15) is 13.8 Å². The molecule has 23 heavy (non-hydrogen) atoms. The summed E-state index contributed by atoms with van der Waals surface area (Å²) in [7, 11) is 2.13. The second kappa shape index (κ2) is 7.97. The number of anilines is 2. The summed E-state index contributed by atoms with van der Waals surface area (Å²) in [5.41, 5.74) is 1.77. The van der Waals surface area contributed by atoms with Crippen molar-refractivity contribution in [1.82, 2.24) is 10.2 Å². The number of rotatable bonds is 4. The molecule has 0 radical (unpaired) electrons. The molecule has 1 aromatic carbocycles. The van der Waals surface area contributed by atoms with Crippen LogP contribution >= 0.6 is 0 Å². The summed E-state index contributed by atoms with van der Waals surface area (Å²) in [5.74, 6) is -0.908. The maximum atomic E-state index is 11.8. The summed E-state index contributed by atoms with van der Waals surface area (Å²) < 4.78 is 0. The lowest BCUT2D eigenvalue weighted by atomic mass is 10.2. The Balaban J connectivity index is 1.87. The van der Waals surface area contributed by atoms with Gasteiger partial charge in [0.25, 0.3) is 0 Å². The zero-order valence-corrected chi connectivity index (χ0v) is 14.1. The van der Waals surface area contributed by atoms with Crippen LogP contribution in [0.15, 0.2) is 24.3 Å². The van der Waals surface area contributed by atoms with Gasteiger partial charge in [0.2, 0.25) is 0 Å². The fourth-order valence-corrected chi connectivity index (χ4v) is 2.39. The summed E-state index contributed by atoms with van der Waals surface area (Å²) in [6, 6.07) is 7.63. The Kier molecular flexibility index (Phi) is 5.98. The number of carbonyl (C=O) groups excluding carboxylic acids is 2. The fraction of sp³-hybridized carbons (Fsp3) is 0.529. The van der Waals surface area contributed by atoms with Gasteiger partial charge in [0.15, 0.2) is 0 Å². The number of benzene rings is 1. The normalized spacial score (nSPS) is 15.6.